The van der Waals surface area contributed by atoms with Crippen LogP contribution >= 0.6 is 11.3 Å². The average molecular weight is 371 g/mol. The van der Waals surface area contributed by atoms with Crippen LogP contribution in [0.1, 0.15) is 23.2 Å². The Morgan fingerprint density at radius 2 is 2.04 bits per heavy atom. The quantitative estimate of drug-likeness (QED) is 0.819. The number of benzene rings is 1. The molecular weight excluding hydrogens is 354 g/mol. The summed E-state index contributed by atoms with van der Waals surface area (Å²) in [7, 11) is 0. The van der Waals surface area contributed by atoms with Crippen molar-refractivity contribution in [3.05, 3.63) is 46.5 Å². The van der Waals surface area contributed by atoms with Crippen molar-refractivity contribution in [3.63, 3.8) is 0 Å². The molecule has 2 aromatic rings. The van der Waals surface area contributed by atoms with Gasteiger partial charge in [0.2, 0.25) is 5.91 Å². The van der Waals surface area contributed by atoms with Crippen LogP contribution in [-0.2, 0) is 33.8 Å². The van der Waals surface area contributed by atoms with E-state index >= 15 is 0 Å². The van der Waals surface area contributed by atoms with Gasteiger partial charge in [-0.25, -0.2) is 9.88 Å². The molecule has 1 aromatic carbocycles. The fourth-order valence-corrected chi connectivity index (χ4v) is 4.37. The number of carboxylic acid groups (broad SMARTS) is 1. The summed E-state index contributed by atoms with van der Waals surface area (Å²) in [6, 6.07) is 7.66. The number of nitrogens with zero attached hydrogens (tertiary/aromatic N) is 3. The summed E-state index contributed by atoms with van der Waals surface area (Å²) >= 11 is 1.12. The summed E-state index contributed by atoms with van der Waals surface area (Å²) in [5.74, 6) is -1.55. The summed E-state index contributed by atoms with van der Waals surface area (Å²) < 4.78 is 0. The lowest BCUT2D eigenvalue weighted by atomic mass is 9.98. The van der Waals surface area contributed by atoms with Gasteiger partial charge in [0.15, 0.2) is 5.13 Å². The van der Waals surface area contributed by atoms with E-state index in [4.69, 9.17) is 5.11 Å². The highest BCUT2D eigenvalue weighted by atomic mass is 32.1. The molecule has 1 atom stereocenters. The number of amides is 2. The number of fused-ring (bicyclic) bond motifs is 1. The molecule has 0 saturated carbocycles. The zero-order valence-corrected chi connectivity index (χ0v) is 14.7. The molecule has 3 heterocycles. The minimum atomic E-state index is -0.995. The van der Waals surface area contributed by atoms with Gasteiger partial charge in [0, 0.05) is 18.5 Å². The highest BCUT2D eigenvalue weighted by Crippen LogP contribution is 2.31. The summed E-state index contributed by atoms with van der Waals surface area (Å²) in [4.78, 5) is 43.4. The molecule has 7 nitrogen and oxygen atoms in total. The molecule has 4 rings (SSSR count). The topological polar surface area (TPSA) is 90.8 Å². The van der Waals surface area contributed by atoms with Crippen molar-refractivity contribution in [3.8, 4) is 0 Å². The molecule has 2 aliphatic heterocycles. The Balaban J connectivity index is 1.53. The number of hydrogen-bond acceptors (Lipinski definition) is 6. The van der Waals surface area contributed by atoms with Gasteiger partial charge in [0.1, 0.15) is 0 Å². The van der Waals surface area contributed by atoms with E-state index in [2.05, 4.69) is 17.1 Å². The lowest BCUT2D eigenvalue weighted by Gasteiger charge is -2.32. The number of thiazole rings is 1. The number of aromatic nitrogens is 1. The van der Waals surface area contributed by atoms with Gasteiger partial charge in [-0.2, -0.15) is 0 Å². The van der Waals surface area contributed by atoms with Crippen LogP contribution in [0.25, 0.3) is 0 Å². The van der Waals surface area contributed by atoms with Crippen LogP contribution in [0.3, 0.4) is 0 Å². The smallest absolute Gasteiger partial charge is 0.309 e. The number of carbonyl (C=O) groups excluding carboxylic acids is 2. The second kappa shape index (κ2) is 6.62. The number of aliphatic carboxylic acids is 1. The largest absolute Gasteiger partial charge is 0.481 e. The molecule has 1 saturated heterocycles. The summed E-state index contributed by atoms with van der Waals surface area (Å²) in [5, 5.41) is 10.7. The zero-order valence-electron chi connectivity index (χ0n) is 13.9. The van der Waals surface area contributed by atoms with E-state index in [1.807, 2.05) is 17.0 Å². The molecule has 0 aliphatic carbocycles. The number of imide groups is 1. The fraction of sp³-hybridized carbons (Fsp3) is 0.333. The van der Waals surface area contributed by atoms with Gasteiger partial charge in [-0.3, -0.25) is 19.3 Å². The van der Waals surface area contributed by atoms with Crippen LogP contribution in [0.2, 0.25) is 0 Å². The van der Waals surface area contributed by atoms with Crippen LogP contribution < -0.4 is 4.90 Å². The highest BCUT2D eigenvalue weighted by Gasteiger charge is 2.44. The van der Waals surface area contributed by atoms with Crippen molar-refractivity contribution in [2.75, 3.05) is 11.4 Å². The summed E-state index contributed by atoms with van der Waals surface area (Å²) in [6.45, 7) is 1.38. The van der Waals surface area contributed by atoms with E-state index in [9.17, 15) is 14.4 Å². The summed E-state index contributed by atoms with van der Waals surface area (Å²) in [6.07, 6.45) is 0.766. The second-order valence-corrected chi connectivity index (χ2v) is 7.30. The molecule has 2 aliphatic rings. The molecule has 1 aromatic heterocycles. The molecule has 1 unspecified atom stereocenters. The number of hydrogen-bond donors (Lipinski definition) is 1. The Hall–Kier alpha value is -2.58. The van der Waals surface area contributed by atoms with Crippen molar-refractivity contribution < 1.29 is 19.5 Å². The molecule has 26 heavy (non-hydrogen) atoms. The first-order chi connectivity index (χ1) is 12.5. The Bertz CT molecular complexity index is 894. The Morgan fingerprint density at radius 3 is 2.81 bits per heavy atom. The molecule has 0 spiro atoms. The maximum Gasteiger partial charge on any atom is 0.309 e. The van der Waals surface area contributed by atoms with Gasteiger partial charge >= 0.3 is 5.97 Å². The number of carbonyl (C=O) groups is 3. The molecule has 2 amide bonds. The van der Waals surface area contributed by atoms with Gasteiger partial charge in [-0.05, 0) is 17.5 Å². The third kappa shape index (κ3) is 3.02. The van der Waals surface area contributed by atoms with Crippen LogP contribution in [0.15, 0.2) is 29.6 Å². The average Bonchev–Trinajstić information content (AvgIpc) is 3.17. The van der Waals surface area contributed by atoms with Crippen molar-refractivity contribution in [2.24, 2.45) is 0 Å². The molecule has 1 N–H and O–H groups in total. The molecule has 0 bridgehead atoms. The standard InChI is InChI=1S/C18H17N3O4S/c22-15-8-14(20-6-5-11-3-1-2-4-12(11)9-20)17(25)21(15)18-19-13(10-26-18)7-16(23)24/h1-4,10,14H,5-9H2,(H,23,24). The van der Waals surface area contributed by atoms with Gasteiger partial charge in [0.05, 0.1) is 24.6 Å². The van der Waals surface area contributed by atoms with Gasteiger partial charge < -0.3 is 5.11 Å². The normalized spacial score (nSPS) is 20.5. The fourth-order valence-electron chi connectivity index (χ4n) is 3.52. The zero-order chi connectivity index (χ0) is 18.3. The van der Waals surface area contributed by atoms with E-state index in [1.165, 1.54) is 11.1 Å². The van der Waals surface area contributed by atoms with Crippen molar-refractivity contribution in [1.82, 2.24) is 9.88 Å². The van der Waals surface area contributed by atoms with Crippen LogP contribution in [0, 0.1) is 0 Å². The van der Waals surface area contributed by atoms with Crippen LogP contribution in [0.5, 0.6) is 0 Å². The molecule has 8 heteroatoms. The monoisotopic (exact) mass is 371 g/mol. The van der Waals surface area contributed by atoms with Gasteiger partial charge in [-0.15, -0.1) is 11.3 Å². The second-order valence-electron chi connectivity index (χ2n) is 6.47. The lowest BCUT2D eigenvalue weighted by Crippen LogP contribution is -2.44. The van der Waals surface area contributed by atoms with E-state index in [1.54, 1.807) is 5.38 Å². The minimum Gasteiger partial charge on any atom is -0.481 e. The SMILES string of the molecule is O=C(O)Cc1csc(N2C(=O)CC(N3CCc4ccccc4C3)C2=O)n1. The van der Waals surface area contributed by atoms with Crippen LogP contribution in [0.4, 0.5) is 5.13 Å². The predicted octanol–water partition coefficient (Wildman–Crippen LogP) is 1.46. The van der Waals surface area contributed by atoms with E-state index in [0.717, 1.165) is 29.2 Å². The van der Waals surface area contributed by atoms with Crippen molar-refractivity contribution in [1.29, 1.82) is 0 Å². The Labute approximate surface area is 153 Å². The molecule has 1 fully saturated rings. The minimum absolute atomic E-state index is 0.134. The Kier molecular flexibility index (Phi) is 4.29. The van der Waals surface area contributed by atoms with E-state index in [0.29, 0.717) is 12.2 Å². The number of carboxylic acids is 1. The van der Waals surface area contributed by atoms with Crippen molar-refractivity contribution in [2.45, 2.75) is 31.8 Å². The number of anilines is 1. The number of rotatable bonds is 4. The van der Waals surface area contributed by atoms with E-state index < -0.39 is 12.0 Å². The predicted molar refractivity (Wildman–Crippen MR) is 94.9 cm³/mol. The Morgan fingerprint density at radius 1 is 1.27 bits per heavy atom. The molecule has 134 valence electrons. The van der Waals surface area contributed by atoms with Crippen molar-refractivity contribution >= 4 is 34.3 Å². The third-order valence-corrected chi connectivity index (χ3v) is 5.66. The third-order valence-electron chi connectivity index (χ3n) is 4.79. The highest BCUT2D eigenvalue weighted by molar-refractivity contribution is 7.14. The molecule has 0 radical (unpaired) electrons. The molecular formula is C18H17N3O4S. The van der Waals surface area contributed by atoms with Gasteiger partial charge in [-0.1, -0.05) is 24.3 Å². The summed E-state index contributed by atoms with van der Waals surface area (Å²) in [5.41, 5.74) is 2.83. The maximum atomic E-state index is 12.9. The van der Waals surface area contributed by atoms with Crippen LogP contribution in [-0.4, -0.2) is 45.4 Å². The van der Waals surface area contributed by atoms with E-state index in [-0.39, 0.29) is 29.8 Å². The maximum absolute atomic E-state index is 12.9. The first-order valence-corrected chi connectivity index (χ1v) is 9.24. The first-order valence-electron chi connectivity index (χ1n) is 8.37. The lowest BCUT2D eigenvalue weighted by molar-refractivity contribution is -0.136. The van der Waals surface area contributed by atoms with Gasteiger partial charge in [0.25, 0.3) is 5.91 Å². The first kappa shape index (κ1) is 16.9.